The highest BCUT2D eigenvalue weighted by atomic mass is 16.3. The Morgan fingerprint density at radius 2 is 0.946 bits per heavy atom. The van der Waals surface area contributed by atoms with Gasteiger partial charge in [0.25, 0.3) is 0 Å². The van der Waals surface area contributed by atoms with E-state index in [2.05, 4.69) is 205 Å². The summed E-state index contributed by atoms with van der Waals surface area (Å²) in [5, 5.41) is 10.1. The maximum absolute atomic E-state index is 6.46. The summed E-state index contributed by atoms with van der Waals surface area (Å²) in [4.78, 5) is 2.35. The van der Waals surface area contributed by atoms with E-state index >= 15 is 0 Å². The van der Waals surface area contributed by atoms with Gasteiger partial charge in [-0.25, -0.2) is 0 Å². The van der Waals surface area contributed by atoms with Crippen LogP contribution in [0.5, 0.6) is 0 Å². The van der Waals surface area contributed by atoms with Crippen LogP contribution in [0.15, 0.2) is 192 Å². The Bertz CT molecular complexity index is 3230. The smallest absolute Gasteiger partial charge is 0.143 e. The second-order valence-corrected chi connectivity index (χ2v) is 14.8. The molecule has 0 N–H and O–H groups in total. The lowest BCUT2D eigenvalue weighted by atomic mass is 9.95. The topological polar surface area (TPSA) is 16.4 Å². The van der Waals surface area contributed by atoms with E-state index in [0.717, 1.165) is 52.0 Å². The second-order valence-electron chi connectivity index (χ2n) is 14.8. The minimum Gasteiger partial charge on any atom is -0.456 e. The summed E-state index contributed by atoms with van der Waals surface area (Å²) in [6, 6.07) is 68.4. The van der Waals surface area contributed by atoms with E-state index in [1.54, 1.807) is 0 Å². The van der Waals surface area contributed by atoms with Gasteiger partial charge in [0.1, 0.15) is 11.0 Å². The number of fused-ring (bicyclic) bond motifs is 8. The van der Waals surface area contributed by atoms with Gasteiger partial charge in [0.05, 0.1) is 0 Å². The lowest BCUT2D eigenvalue weighted by molar-refractivity contribution is 0.572. The highest BCUT2D eigenvalue weighted by molar-refractivity contribution is 6.17. The molecule has 0 bridgehead atoms. The van der Waals surface area contributed by atoms with Gasteiger partial charge in [-0.05, 0) is 122 Å². The van der Waals surface area contributed by atoms with Crippen molar-refractivity contribution in [1.82, 2.24) is 0 Å². The van der Waals surface area contributed by atoms with Crippen LogP contribution in [0.3, 0.4) is 0 Å². The van der Waals surface area contributed by atoms with Crippen molar-refractivity contribution in [3.8, 4) is 33.4 Å². The predicted octanol–water partition coefficient (Wildman–Crippen LogP) is 13.7. The number of hydrogen-bond acceptors (Lipinski definition) is 2. The van der Waals surface area contributed by atoms with Gasteiger partial charge >= 0.3 is 0 Å². The molecule has 0 saturated carbocycles. The fourth-order valence-corrected chi connectivity index (χ4v) is 8.69. The minimum absolute atomic E-state index is 0.957. The molecule has 9 aromatic carbocycles. The van der Waals surface area contributed by atoms with Crippen LogP contribution < -0.4 is 15.5 Å². The Morgan fingerprint density at radius 1 is 0.357 bits per heavy atom. The van der Waals surface area contributed by atoms with Crippen LogP contribution in [0.25, 0.3) is 88.8 Å². The first-order valence-corrected chi connectivity index (χ1v) is 19.5. The quantitative estimate of drug-likeness (QED) is 0.159. The monoisotopic (exact) mass is 715 g/mol. The van der Waals surface area contributed by atoms with Crippen molar-refractivity contribution in [3.63, 3.8) is 0 Å². The molecule has 1 aromatic heterocycles. The number of para-hydroxylation sites is 1. The summed E-state index contributed by atoms with van der Waals surface area (Å²) in [5.41, 5.74) is 12.3. The Hall–Kier alpha value is -7.16. The Balaban J connectivity index is 0.981. The highest BCUT2D eigenvalue weighted by Gasteiger charge is 2.16. The first kappa shape index (κ1) is 32.3. The molecule has 2 nitrogen and oxygen atoms in total. The molecular formula is C54H37NO. The van der Waals surface area contributed by atoms with Gasteiger partial charge < -0.3 is 9.32 Å². The molecule has 0 radical (unpaired) electrons. The number of anilines is 3. The Kier molecular flexibility index (Phi) is 7.67. The van der Waals surface area contributed by atoms with Gasteiger partial charge in [-0.1, -0.05) is 152 Å². The molecule has 56 heavy (non-hydrogen) atoms. The molecule has 264 valence electrons. The Labute approximate surface area is 325 Å². The molecule has 11 rings (SSSR count). The van der Waals surface area contributed by atoms with E-state index in [9.17, 15) is 0 Å². The van der Waals surface area contributed by atoms with Gasteiger partial charge in [-0.2, -0.15) is 0 Å². The molecule has 0 atom stereocenters. The molecule has 1 heterocycles. The van der Waals surface area contributed by atoms with Gasteiger partial charge in [0.15, 0.2) is 0 Å². The first-order chi connectivity index (χ1) is 27.7. The summed E-state index contributed by atoms with van der Waals surface area (Å²) < 4.78 is 6.46. The third-order valence-corrected chi connectivity index (χ3v) is 11.5. The van der Waals surface area contributed by atoms with E-state index in [0.29, 0.717) is 0 Å². The lowest BCUT2D eigenvalue weighted by Gasteiger charge is -2.26. The minimum atomic E-state index is 0.957. The third kappa shape index (κ3) is 5.49. The van der Waals surface area contributed by atoms with Crippen LogP contribution in [0.4, 0.5) is 17.1 Å². The van der Waals surface area contributed by atoms with E-state index in [-0.39, 0.29) is 0 Å². The normalized spacial score (nSPS) is 12.4. The van der Waals surface area contributed by atoms with Crippen molar-refractivity contribution in [3.05, 3.63) is 199 Å². The predicted molar refractivity (Wildman–Crippen MR) is 237 cm³/mol. The van der Waals surface area contributed by atoms with Crippen LogP contribution in [0, 0.1) is 0 Å². The van der Waals surface area contributed by atoms with Crippen LogP contribution in [-0.2, 0) is 0 Å². The Morgan fingerprint density at radius 3 is 1.77 bits per heavy atom. The van der Waals surface area contributed by atoms with Gasteiger partial charge in [0, 0.05) is 33.2 Å². The van der Waals surface area contributed by atoms with Crippen molar-refractivity contribution in [2.24, 2.45) is 0 Å². The number of furan rings is 1. The summed E-state index contributed by atoms with van der Waals surface area (Å²) >= 11 is 0. The summed E-state index contributed by atoms with van der Waals surface area (Å²) in [7, 11) is 0. The molecule has 0 unspecified atom stereocenters. The molecule has 2 heteroatoms. The van der Waals surface area contributed by atoms with Crippen LogP contribution in [-0.4, -0.2) is 0 Å². The third-order valence-electron chi connectivity index (χ3n) is 11.5. The van der Waals surface area contributed by atoms with Crippen LogP contribution >= 0.6 is 0 Å². The molecule has 1 aliphatic rings. The van der Waals surface area contributed by atoms with E-state index in [1.165, 1.54) is 65.2 Å². The highest BCUT2D eigenvalue weighted by Crippen LogP contribution is 2.40. The first-order valence-electron chi connectivity index (χ1n) is 19.5. The molecule has 0 aliphatic heterocycles. The molecule has 1 aliphatic carbocycles. The standard InChI is InChI=1S/C54H37NO/c1-2-10-36(11-3-1)40-13-8-14-45(35-40)55(44-29-22-39(23-30-44)48-17-9-18-52-51-16-6-7-19-53(51)56-54(48)52)43-27-20-37(21-28-43)41-25-31-47-42(34-41)26-33-49-46-15-5-4-12-38(46)24-32-50(47)49/h1-5,8-35H,6-7H2. The number of benzene rings is 9. The molecule has 0 saturated heterocycles. The fraction of sp³-hybridized carbons (Fsp3) is 0.0370. The van der Waals surface area contributed by atoms with Gasteiger partial charge in [-0.15, -0.1) is 0 Å². The van der Waals surface area contributed by atoms with E-state index in [1.807, 2.05) is 0 Å². The van der Waals surface area contributed by atoms with Crippen molar-refractivity contribution in [2.75, 3.05) is 4.90 Å². The molecule has 0 amide bonds. The summed E-state index contributed by atoms with van der Waals surface area (Å²) in [6.07, 6.45) is 6.61. The van der Waals surface area contributed by atoms with Crippen LogP contribution in [0.1, 0.15) is 12.8 Å². The van der Waals surface area contributed by atoms with E-state index < -0.39 is 0 Å². The lowest BCUT2D eigenvalue weighted by Crippen LogP contribution is -2.21. The van der Waals surface area contributed by atoms with Crippen molar-refractivity contribution in [1.29, 1.82) is 0 Å². The average Bonchev–Trinajstić information content (AvgIpc) is 3.66. The zero-order chi connectivity index (χ0) is 37.0. The zero-order valence-electron chi connectivity index (χ0n) is 30.8. The second kappa shape index (κ2) is 13.3. The van der Waals surface area contributed by atoms with Gasteiger partial charge in [-0.3, -0.25) is 0 Å². The van der Waals surface area contributed by atoms with Crippen molar-refractivity contribution in [2.45, 2.75) is 12.8 Å². The maximum Gasteiger partial charge on any atom is 0.143 e. The SMILES string of the molecule is C1=c2oc3c(-c4ccc(N(c5ccc(-c6ccc7c(ccc8c9ccccc9ccc78)c6)cc5)c5cccc(-c6ccccc6)c5)cc4)cccc3c2=CCC1. The summed E-state index contributed by atoms with van der Waals surface area (Å²) in [6.45, 7) is 0. The molecule has 0 spiro atoms. The zero-order valence-corrected chi connectivity index (χ0v) is 30.8. The maximum atomic E-state index is 6.46. The molecule has 10 aromatic rings. The summed E-state index contributed by atoms with van der Waals surface area (Å²) in [5.74, 6) is 0. The number of rotatable bonds is 6. The number of hydrogen-bond donors (Lipinski definition) is 0. The molecule has 0 fully saturated rings. The van der Waals surface area contributed by atoms with Crippen LogP contribution in [0.2, 0.25) is 0 Å². The fourth-order valence-electron chi connectivity index (χ4n) is 8.69. The largest absolute Gasteiger partial charge is 0.456 e. The van der Waals surface area contributed by atoms with E-state index in [4.69, 9.17) is 4.42 Å². The molecular weight excluding hydrogens is 679 g/mol. The van der Waals surface area contributed by atoms with Crippen molar-refractivity contribution < 1.29 is 4.42 Å². The number of nitrogens with zero attached hydrogens (tertiary/aromatic N) is 1. The van der Waals surface area contributed by atoms with Crippen molar-refractivity contribution >= 4 is 72.5 Å². The van der Waals surface area contributed by atoms with Gasteiger partial charge in [0.2, 0.25) is 0 Å². The average molecular weight is 716 g/mol.